The zero-order valence-electron chi connectivity index (χ0n) is 12.2. The predicted molar refractivity (Wildman–Crippen MR) is 78.6 cm³/mol. The van der Waals surface area contributed by atoms with Crippen LogP contribution in [-0.2, 0) is 4.79 Å². The van der Waals surface area contributed by atoms with E-state index in [0.717, 1.165) is 5.39 Å². The largest absolute Gasteiger partial charge is 0.342 e. The van der Waals surface area contributed by atoms with Crippen molar-refractivity contribution in [2.45, 2.75) is 19.4 Å². The monoisotopic (exact) mass is 290 g/mol. The molecular formula is C12H18N8O. The van der Waals surface area contributed by atoms with Crippen molar-refractivity contribution in [2.24, 2.45) is 5.84 Å². The topological polar surface area (TPSA) is 116 Å². The molecule has 1 fully saturated rings. The Morgan fingerprint density at radius 3 is 2.86 bits per heavy atom. The van der Waals surface area contributed by atoms with Crippen LogP contribution in [0.25, 0.3) is 11.0 Å². The highest BCUT2D eigenvalue weighted by Crippen LogP contribution is 2.32. The summed E-state index contributed by atoms with van der Waals surface area (Å²) in [6, 6.07) is 0. The number of H-pyrrole nitrogens is 1. The Morgan fingerprint density at radius 1 is 1.38 bits per heavy atom. The lowest BCUT2D eigenvalue weighted by molar-refractivity contribution is -0.136. The molecule has 0 radical (unpaired) electrons. The fraction of sp³-hybridized carbons (Fsp3) is 0.500. The van der Waals surface area contributed by atoms with Crippen LogP contribution in [0.4, 0.5) is 11.8 Å². The second kappa shape index (κ2) is 4.55. The van der Waals surface area contributed by atoms with Gasteiger partial charge in [0.25, 0.3) is 0 Å². The van der Waals surface area contributed by atoms with E-state index in [0.29, 0.717) is 24.6 Å². The van der Waals surface area contributed by atoms with E-state index in [9.17, 15) is 4.79 Å². The maximum atomic E-state index is 12.4. The van der Waals surface area contributed by atoms with Crippen LogP contribution in [0.5, 0.6) is 0 Å². The SMILES string of the molecule is CN1CCN(c2nc(NN)nc3[nH]ncc23)C(C)(C)C1=O. The van der Waals surface area contributed by atoms with Gasteiger partial charge in [-0.15, -0.1) is 0 Å². The molecule has 0 aromatic carbocycles. The first-order valence-corrected chi connectivity index (χ1v) is 6.66. The van der Waals surface area contributed by atoms with E-state index < -0.39 is 5.54 Å². The van der Waals surface area contributed by atoms with Crippen molar-refractivity contribution in [2.75, 3.05) is 30.5 Å². The van der Waals surface area contributed by atoms with Crippen molar-refractivity contribution in [3.05, 3.63) is 6.20 Å². The van der Waals surface area contributed by atoms with E-state index >= 15 is 0 Å². The summed E-state index contributed by atoms with van der Waals surface area (Å²) in [4.78, 5) is 24.8. The maximum absolute atomic E-state index is 12.4. The van der Waals surface area contributed by atoms with E-state index in [1.807, 2.05) is 25.8 Å². The number of aromatic nitrogens is 4. The molecule has 1 aliphatic heterocycles. The predicted octanol–water partition coefficient (Wildman–Crippen LogP) is -0.304. The van der Waals surface area contributed by atoms with Crippen LogP contribution in [0, 0.1) is 0 Å². The fourth-order valence-electron chi connectivity index (χ4n) is 2.67. The third kappa shape index (κ3) is 1.97. The second-order valence-corrected chi connectivity index (χ2v) is 5.58. The van der Waals surface area contributed by atoms with Gasteiger partial charge >= 0.3 is 0 Å². The van der Waals surface area contributed by atoms with Gasteiger partial charge in [-0.2, -0.15) is 15.1 Å². The molecule has 21 heavy (non-hydrogen) atoms. The quantitative estimate of drug-likeness (QED) is 0.513. The molecule has 0 atom stereocenters. The summed E-state index contributed by atoms with van der Waals surface area (Å²) in [5.74, 6) is 6.40. The summed E-state index contributed by atoms with van der Waals surface area (Å²) >= 11 is 0. The minimum absolute atomic E-state index is 0.0475. The number of amides is 1. The van der Waals surface area contributed by atoms with E-state index in [1.54, 1.807) is 11.1 Å². The number of likely N-dealkylation sites (N-methyl/N-ethyl adjacent to an activating group) is 1. The van der Waals surface area contributed by atoms with Gasteiger partial charge in [0.15, 0.2) is 5.65 Å². The van der Waals surface area contributed by atoms with E-state index in [-0.39, 0.29) is 11.9 Å². The van der Waals surface area contributed by atoms with Gasteiger partial charge in [0.05, 0.1) is 11.6 Å². The molecule has 0 unspecified atom stereocenters. The lowest BCUT2D eigenvalue weighted by Gasteiger charge is -2.45. The first kappa shape index (κ1) is 13.6. The number of nitrogens with zero attached hydrogens (tertiary/aromatic N) is 5. The third-order valence-electron chi connectivity index (χ3n) is 3.88. The molecule has 1 aliphatic rings. The number of carbonyl (C=O) groups excluding carboxylic acids is 1. The average molecular weight is 290 g/mol. The zero-order valence-corrected chi connectivity index (χ0v) is 12.2. The van der Waals surface area contributed by atoms with Gasteiger partial charge in [0.1, 0.15) is 11.4 Å². The molecule has 3 heterocycles. The summed E-state index contributed by atoms with van der Waals surface area (Å²) in [6.07, 6.45) is 1.66. The maximum Gasteiger partial charge on any atom is 0.247 e. The summed E-state index contributed by atoms with van der Waals surface area (Å²) < 4.78 is 0. The van der Waals surface area contributed by atoms with Crippen molar-refractivity contribution in [3.8, 4) is 0 Å². The number of nitrogen functional groups attached to an aromatic ring is 1. The van der Waals surface area contributed by atoms with Gasteiger partial charge in [0, 0.05) is 20.1 Å². The van der Waals surface area contributed by atoms with Gasteiger partial charge in [-0.05, 0) is 13.8 Å². The minimum atomic E-state index is -0.697. The molecule has 1 saturated heterocycles. The Labute approximate surface area is 121 Å². The Balaban J connectivity index is 2.15. The molecule has 4 N–H and O–H groups in total. The van der Waals surface area contributed by atoms with Gasteiger partial charge in [-0.25, -0.2) is 5.84 Å². The molecule has 2 aromatic rings. The molecule has 9 nitrogen and oxygen atoms in total. The van der Waals surface area contributed by atoms with Crippen LogP contribution in [0.15, 0.2) is 6.20 Å². The van der Waals surface area contributed by atoms with E-state index in [2.05, 4.69) is 25.6 Å². The Morgan fingerprint density at radius 2 is 2.14 bits per heavy atom. The second-order valence-electron chi connectivity index (χ2n) is 5.58. The molecule has 1 amide bonds. The number of carbonyl (C=O) groups is 1. The van der Waals surface area contributed by atoms with Gasteiger partial charge < -0.3 is 9.80 Å². The summed E-state index contributed by atoms with van der Waals surface area (Å²) in [5, 5.41) is 7.56. The number of fused-ring (bicyclic) bond motifs is 1. The van der Waals surface area contributed by atoms with E-state index in [1.165, 1.54) is 0 Å². The van der Waals surface area contributed by atoms with Crippen molar-refractivity contribution in [1.29, 1.82) is 0 Å². The summed E-state index contributed by atoms with van der Waals surface area (Å²) in [6.45, 7) is 5.08. The summed E-state index contributed by atoms with van der Waals surface area (Å²) in [7, 11) is 1.81. The van der Waals surface area contributed by atoms with Crippen LogP contribution < -0.4 is 16.2 Å². The highest BCUT2D eigenvalue weighted by molar-refractivity contribution is 5.95. The molecule has 9 heteroatoms. The van der Waals surface area contributed by atoms with Crippen LogP contribution >= 0.6 is 0 Å². The number of rotatable bonds is 2. The fourth-order valence-corrected chi connectivity index (χ4v) is 2.67. The normalized spacial score (nSPS) is 18.4. The van der Waals surface area contributed by atoms with Crippen molar-refractivity contribution < 1.29 is 4.79 Å². The first-order valence-electron chi connectivity index (χ1n) is 6.66. The minimum Gasteiger partial charge on any atom is -0.342 e. The first-order chi connectivity index (χ1) is 9.95. The smallest absolute Gasteiger partial charge is 0.247 e. The van der Waals surface area contributed by atoms with Crippen LogP contribution in [0.2, 0.25) is 0 Å². The third-order valence-corrected chi connectivity index (χ3v) is 3.88. The molecular weight excluding hydrogens is 272 g/mol. The number of nitrogens with one attached hydrogen (secondary N) is 2. The average Bonchev–Trinajstić information content (AvgIpc) is 2.92. The molecule has 0 spiro atoms. The molecule has 0 aliphatic carbocycles. The molecule has 2 aromatic heterocycles. The molecule has 112 valence electrons. The number of hydrazine groups is 1. The van der Waals surface area contributed by atoms with Gasteiger partial charge in [-0.3, -0.25) is 15.3 Å². The van der Waals surface area contributed by atoms with Crippen LogP contribution in [0.1, 0.15) is 13.8 Å². The van der Waals surface area contributed by atoms with Gasteiger partial charge in [-0.1, -0.05) is 0 Å². The van der Waals surface area contributed by atoms with Crippen LogP contribution in [-0.4, -0.2) is 56.6 Å². The zero-order chi connectivity index (χ0) is 15.2. The number of anilines is 2. The Kier molecular flexibility index (Phi) is 2.94. The lowest BCUT2D eigenvalue weighted by Crippen LogP contribution is -2.62. The van der Waals surface area contributed by atoms with Crippen molar-refractivity contribution in [1.82, 2.24) is 25.1 Å². The van der Waals surface area contributed by atoms with Gasteiger partial charge in [0.2, 0.25) is 11.9 Å². The van der Waals surface area contributed by atoms with E-state index in [4.69, 9.17) is 5.84 Å². The number of hydrogen-bond acceptors (Lipinski definition) is 7. The Hall–Kier alpha value is -2.42. The highest BCUT2D eigenvalue weighted by Gasteiger charge is 2.42. The molecule has 3 rings (SSSR count). The summed E-state index contributed by atoms with van der Waals surface area (Å²) in [5.41, 5.74) is 2.33. The van der Waals surface area contributed by atoms with Crippen molar-refractivity contribution >= 4 is 28.7 Å². The number of aromatic amines is 1. The highest BCUT2D eigenvalue weighted by atomic mass is 16.2. The molecule has 0 bridgehead atoms. The Bertz CT molecular complexity index is 694. The number of hydrogen-bond donors (Lipinski definition) is 3. The standard InChI is InChI=1S/C12H18N8O/c1-12(2)10(21)19(3)4-5-20(12)9-7-6-14-18-8(7)15-11(16-9)17-13/h6H,4-5,13H2,1-3H3,(H2,14,15,16,17,18). The number of piperazine rings is 1. The number of nitrogens with two attached hydrogens (primary N) is 1. The van der Waals surface area contributed by atoms with Crippen LogP contribution in [0.3, 0.4) is 0 Å². The lowest BCUT2D eigenvalue weighted by atomic mass is 9.97. The molecule has 0 saturated carbocycles. The van der Waals surface area contributed by atoms with Crippen molar-refractivity contribution in [3.63, 3.8) is 0 Å².